The van der Waals surface area contributed by atoms with Crippen LogP contribution in [0, 0.1) is 11.3 Å². The first-order chi connectivity index (χ1) is 9.03. The van der Waals surface area contributed by atoms with Crippen molar-refractivity contribution in [1.29, 1.82) is 5.26 Å². The molecule has 0 aromatic carbocycles. The largest absolute Gasteiger partial charge is 0.369 e. The predicted molar refractivity (Wildman–Crippen MR) is 75.1 cm³/mol. The molecule has 0 aliphatic carbocycles. The van der Waals surface area contributed by atoms with Gasteiger partial charge in [0.25, 0.3) is 0 Å². The van der Waals surface area contributed by atoms with Gasteiger partial charge >= 0.3 is 0 Å². The van der Waals surface area contributed by atoms with Crippen LogP contribution in [-0.4, -0.2) is 11.5 Å². The molecule has 0 unspecified atom stereocenters. The molecular weight excluding hydrogens is 260 g/mol. The van der Waals surface area contributed by atoms with Gasteiger partial charge in [0.05, 0.1) is 17.8 Å². The molecule has 1 aromatic rings. The van der Waals surface area contributed by atoms with Crippen molar-refractivity contribution in [3.8, 4) is 6.07 Å². The number of thiophene rings is 1. The molecule has 4 nitrogen and oxygen atoms in total. The molecule has 2 rings (SSSR count). The van der Waals surface area contributed by atoms with Gasteiger partial charge in [0.15, 0.2) is 0 Å². The van der Waals surface area contributed by atoms with Gasteiger partial charge < -0.3 is 10.1 Å². The van der Waals surface area contributed by atoms with Crippen molar-refractivity contribution >= 4 is 22.2 Å². The molecule has 0 fully saturated rings. The number of fused-ring (bicyclic) bond motifs is 1. The molecule has 1 atom stereocenters. The molecule has 1 aromatic heterocycles. The molecule has 5 heteroatoms. The van der Waals surface area contributed by atoms with Gasteiger partial charge in [-0.1, -0.05) is 13.8 Å². The number of hydrogen-bond donors (Lipinski definition) is 1. The third-order valence-corrected chi connectivity index (χ3v) is 4.75. The number of rotatable bonds is 3. The van der Waals surface area contributed by atoms with E-state index in [4.69, 9.17) is 4.74 Å². The van der Waals surface area contributed by atoms with Crippen molar-refractivity contribution in [2.24, 2.45) is 0 Å². The number of nitrogens with one attached hydrogen (secondary N) is 1. The normalized spacial score (nSPS) is 21.6. The first-order valence-electron chi connectivity index (χ1n) is 6.51. The van der Waals surface area contributed by atoms with Crippen molar-refractivity contribution in [2.75, 3.05) is 5.32 Å². The Morgan fingerprint density at radius 3 is 2.89 bits per heavy atom. The Morgan fingerprint density at radius 1 is 1.58 bits per heavy atom. The summed E-state index contributed by atoms with van der Waals surface area (Å²) in [4.78, 5) is 12.6. The van der Waals surface area contributed by atoms with Crippen LogP contribution in [-0.2, 0) is 22.6 Å². The first-order valence-corrected chi connectivity index (χ1v) is 7.33. The second-order valence-corrected chi connectivity index (χ2v) is 6.10. The molecule has 0 radical (unpaired) electrons. The average Bonchev–Trinajstić information content (AvgIpc) is 2.74. The number of nitrogens with zero attached hydrogens (tertiary/aromatic N) is 1. The zero-order valence-electron chi connectivity index (χ0n) is 11.5. The van der Waals surface area contributed by atoms with Crippen LogP contribution in [0.5, 0.6) is 0 Å². The van der Waals surface area contributed by atoms with Gasteiger partial charge in [-0.2, -0.15) is 5.26 Å². The highest BCUT2D eigenvalue weighted by molar-refractivity contribution is 7.16. The maximum absolute atomic E-state index is 11.5. The van der Waals surface area contributed by atoms with Crippen molar-refractivity contribution in [3.05, 3.63) is 16.0 Å². The van der Waals surface area contributed by atoms with Gasteiger partial charge in [0.1, 0.15) is 11.1 Å². The Hall–Kier alpha value is -1.38. The number of hydrogen-bond acceptors (Lipinski definition) is 4. The van der Waals surface area contributed by atoms with E-state index in [1.54, 1.807) is 6.92 Å². The third-order valence-electron chi connectivity index (χ3n) is 3.63. The summed E-state index contributed by atoms with van der Waals surface area (Å²) in [5.74, 6) is -0.0609. The maximum Gasteiger partial charge on any atom is 0.224 e. The van der Waals surface area contributed by atoms with Crippen molar-refractivity contribution < 1.29 is 9.53 Å². The molecule has 0 spiro atoms. The van der Waals surface area contributed by atoms with Gasteiger partial charge in [0.2, 0.25) is 5.91 Å². The van der Waals surface area contributed by atoms with E-state index in [-0.39, 0.29) is 11.5 Å². The van der Waals surface area contributed by atoms with Crippen molar-refractivity contribution in [3.63, 3.8) is 0 Å². The highest BCUT2D eigenvalue weighted by Crippen LogP contribution is 2.40. The second-order valence-electron chi connectivity index (χ2n) is 4.99. The van der Waals surface area contributed by atoms with Crippen molar-refractivity contribution in [2.45, 2.75) is 52.2 Å². The molecule has 0 saturated heterocycles. The lowest BCUT2D eigenvalue weighted by Crippen LogP contribution is -2.34. The summed E-state index contributed by atoms with van der Waals surface area (Å²) in [5, 5.41) is 12.8. The van der Waals surface area contributed by atoms with Gasteiger partial charge in [-0.15, -0.1) is 11.3 Å². The van der Waals surface area contributed by atoms with Gasteiger partial charge in [-0.25, -0.2) is 0 Å². The molecule has 1 amide bonds. The van der Waals surface area contributed by atoms with E-state index < -0.39 is 0 Å². The molecule has 1 N–H and O–H groups in total. The molecule has 19 heavy (non-hydrogen) atoms. The van der Waals surface area contributed by atoms with E-state index in [0.29, 0.717) is 23.6 Å². The molecule has 2 heterocycles. The summed E-state index contributed by atoms with van der Waals surface area (Å²) in [6.45, 7) is 6.48. The molecule has 1 aliphatic rings. The van der Waals surface area contributed by atoms with E-state index in [1.807, 2.05) is 0 Å². The average molecular weight is 278 g/mol. The second kappa shape index (κ2) is 5.32. The SMILES string of the molecule is CCC(=O)Nc1sc2c(c1C#N)C[C@@](C)(CC)OC2. The summed E-state index contributed by atoms with van der Waals surface area (Å²) in [6, 6.07) is 2.24. The van der Waals surface area contributed by atoms with Gasteiger partial charge in [0, 0.05) is 17.7 Å². The van der Waals surface area contributed by atoms with E-state index in [2.05, 4.69) is 25.2 Å². The van der Waals surface area contributed by atoms with Gasteiger partial charge in [-0.05, 0) is 18.9 Å². The smallest absolute Gasteiger partial charge is 0.224 e. The monoisotopic (exact) mass is 278 g/mol. The summed E-state index contributed by atoms with van der Waals surface area (Å²) in [6.07, 6.45) is 2.06. The fourth-order valence-corrected chi connectivity index (χ4v) is 3.23. The molecular formula is C14H18N2O2S. The molecule has 0 saturated carbocycles. The Bertz CT molecular complexity index is 544. The number of nitriles is 1. The van der Waals surface area contributed by atoms with Crippen LogP contribution >= 0.6 is 11.3 Å². The summed E-state index contributed by atoms with van der Waals surface area (Å²) >= 11 is 1.46. The summed E-state index contributed by atoms with van der Waals surface area (Å²) in [7, 11) is 0. The van der Waals surface area contributed by atoms with E-state index in [1.165, 1.54) is 11.3 Å². The number of anilines is 1. The standard InChI is InChI=1S/C14H18N2O2S/c1-4-12(17)16-13-10(7-15)9-6-14(3,5-2)18-8-11(9)19-13/h4-6,8H2,1-3H3,(H,16,17)/t14-/m1/s1. The van der Waals surface area contributed by atoms with Crippen LogP contribution in [0.15, 0.2) is 0 Å². The Morgan fingerprint density at radius 2 is 2.32 bits per heavy atom. The van der Waals surface area contributed by atoms with Crippen LogP contribution in [0.25, 0.3) is 0 Å². The van der Waals surface area contributed by atoms with Crippen LogP contribution in [0.2, 0.25) is 0 Å². The number of carbonyl (C=O) groups excluding carboxylic acids is 1. The van der Waals surface area contributed by atoms with Crippen LogP contribution in [0.1, 0.15) is 49.6 Å². The Kier molecular flexibility index (Phi) is 3.93. The van der Waals surface area contributed by atoms with Gasteiger partial charge in [-0.3, -0.25) is 4.79 Å². The highest BCUT2D eigenvalue weighted by atomic mass is 32.1. The fourth-order valence-electron chi connectivity index (χ4n) is 2.13. The lowest BCUT2D eigenvalue weighted by molar-refractivity contribution is -0.115. The quantitative estimate of drug-likeness (QED) is 0.923. The van der Waals surface area contributed by atoms with E-state index in [0.717, 1.165) is 23.3 Å². The molecule has 0 bridgehead atoms. The molecule has 1 aliphatic heterocycles. The third kappa shape index (κ3) is 2.65. The zero-order chi connectivity index (χ0) is 14.0. The number of amides is 1. The topological polar surface area (TPSA) is 62.1 Å². The maximum atomic E-state index is 11.5. The van der Waals surface area contributed by atoms with Crippen molar-refractivity contribution in [1.82, 2.24) is 0 Å². The number of carbonyl (C=O) groups is 1. The number of ether oxygens (including phenoxy) is 1. The fraction of sp³-hybridized carbons (Fsp3) is 0.571. The first kappa shape index (κ1) is 14.0. The minimum Gasteiger partial charge on any atom is -0.369 e. The summed E-state index contributed by atoms with van der Waals surface area (Å²) in [5.41, 5.74) is 1.46. The lowest BCUT2D eigenvalue weighted by Gasteiger charge is -2.32. The van der Waals surface area contributed by atoms with E-state index in [9.17, 15) is 10.1 Å². The predicted octanol–water partition coefficient (Wildman–Crippen LogP) is 3.21. The molecule has 102 valence electrons. The lowest BCUT2D eigenvalue weighted by atomic mass is 9.90. The minimum absolute atomic E-state index is 0.0609. The van der Waals surface area contributed by atoms with Crippen LogP contribution in [0.4, 0.5) is 5.00 Å². The summed E-state index contributed by atoms with van der Waals surface area (Å²) < 4.78 is 5.87. The zero-order valence-corrected chi connectivity index (χ0v) is 12.3. The Balaban J connectivity index is 2.37. The minimum atomic E-state index is -0.203. The van der Waals surface area contributed by atoms with E-state index >= 15 is 0 Å². The van der Waals surface area contributed by atoms with Crippen LogP contribution < -0.4 is 5.32 Å². The van der Waals surface area contributed by atoms with Crippen LogP contribution in [0.3, 0.4) is 0 Å². The Labute approximate surface area is 117 Å². The highest BCUT2D eigenvalue weighted by Gasteiger charge is 2.33.